The van der Waals surface area contributed by atoms with Crippen molar-refractivity contribution in [1.82, 2.24) is 55.6 Å². The number of methoxy groups -OCH3 is 1. The number of carbonyl (C=O) groups excluding carboxylic acids is 11. The van der Waals surface area contributed by atoms with Gasteiger partial charge in [0.05, 0.1) is 24.3 Å². The van der Waals surface area contributed by atoms with Crippen molar-refractivity contribution in [2.45, 2.75) is 247 Å². The summed E-state index contributed by atoms with van der Waals surface area (Å²) in [5.74, 6) is -9.07. The maximum atomic E-state index is 15.3. The molecule has 10 amide bonds. The van der Waals surface area contributed by atoms with Crippen LogP contribution in [-0.4, -0.2) is 269 Å². The first-order chi connectivity index (χ1) is 43.9. The highest BCUT2D eigenvalue weighted by atomic mass is 32.2. The number of nitrogens with zero attached hydrogens (tertiary/aromatic N) is 7. The third-order valence-electron chi connectivity index (χ3n) is 17.8. The second-order valence-electron chi connectivity index (χ2n) is 28.9. The fourth-order valence-corrected chi connectivity index (χ4v) is 13.0. The van der Waals surface area contributed by atoms with E-state index in [0.29, 0.717) is 18.8 Å². The molecule has 1 fully saturated rings. The lowest BCUT2D eigenvalue weighted by Gasteiger charge is -2.41. The molecule has 0 bridgehead atoms. The fourth-order valence-electron chi connectivity index (χ4n) is 11.8. The maximum absolute atomic E-state index is 15.3. The summed E-state index contributed by atoms with van der Waals surface area (Å²) in [6, 6.07) is -13.9. The zero-order valence-electron chi connectivity index (χ0n) is 62.4. The van der Waals surface area contributed by atoms with Crippen LogP contribution in [0.25, 0.3) is 0 Å². The zero-order chi connectivity index (χ0) is 73.4. The van der Waals surface area contributed by atoms with E-state index in [1.165, 1.54) is 118 Å². The van der Waals surface area contributed by atoms with Crippen molar-refractivity contribution in [3.05, 3.63) is 12.2 Å². The summed E-state index contributed by atoms with van der Waals surface area (Å²) in [7, 11) is 11.7. The topological polar surface area (TPSA) is 308 Å². The van der Waals surface area contributed by atoms with E-state index < -0.39 is 167 Å². The Hall–Kier alpha value is -5.70. The number of nitrogens with one attached hydrogen (secondary N) is 4. The lowest BCUT2D eigenvalue weighted by Crippen LogP contribution is -2.64. The van der Waals surface area contributed by atoms with Gasteiger partial charge in [-0.05, 0) is 128 Å². The molecule has 0 aromatic heterocycles. The number of ketones is 1. The molecular weight excluding hydrogens is 1240 g/mol. The second-order valence-corrected chi connectivity index (χ2v) is 30.1. The number of hydrogen-bond donors (Lipinski definition) is 6. The van der Waals surface area contributed by atoms with E-state index >= 15 is 28.8 Å². The van der Waals surface area contributed by atoms with Gasteiger partial charge in [0.1, 0.15) is 60.4 Å². The summed E-state index contributed by atoms with van der Waals surface area (Å²) < 4.78 is 5.25. The van der Waals surface area contributed by atoms with Gasteiger partial charge in [-0.3, -0.25) is 57.6 Å². The molecule has 0 aromatic carbocycles. The van der Waals surface area contributed by atoms with E-state index in [2.05, 4.69) is 21.3 Å². The van der Waals surface area contributed by atoms with Crippen molar-refractivity contribution in [1.29, 1.82) is 0 Å². The Morgan fingerprint density at radius 1 is 0.558 bits per heavy atom. The Morgan fingerprint density at radius 3 is 1.52 bits per heavy atom. The number of aliphatic hydroxyl groups is 2. The smallest absolute Gasteiger partial charge is 0.246 e. The van der Waals surface area contributed by atoms with Crippen molar-refractivity contribution < 1.29 is 67.7 Å². The molecule has 0 aromatic rings. The minimum absolute atomic E-state index is 0.00214. The number of amides is 10. The summed E-state index contributed by atoms with van der Waals surface area (Å²) in [4.78, 5) is 172. The van der Waals surface area contributed by atoms with Crippen LogP contribution in [0.3, 0.4) is 0 Å². The van der Waals surface area contributed by atoms with Crippen LogP contribution < -0.4 is 21.3 Å². The first-order valence-electron chi connectivity index (χ1n) is 34.1. The predicted molar refractivity (Wildman–Crippen MR) is 372 cm³/mol. The number of Topliss-reactive ketones (excluding diaryl/α,β-unsaturated/α-hetero) is 1. The van der Waals surface area contributed by atoms with Gasteiger partial charge in [-0.2, -0.15) is 11.8 Å². The number of unbranched alkanes of at least 4 members (excludes halogenated alkanes) is 1. The number of rotatable bonds is 22. The number of hydrogen-bond acceptors (Lipinski definition) is 16. The molecule has 6 N–H and O–H groups in total. The van der Waals surface area contributed by atoms with E-state index in [-0.39, 0.29) is 55.6 Å². The van der Waals surface area contributed by atoms with Crippen LogP contribution in [0.1, 0.15) is 169 Å². The van der Waals surface area contributed by atoms with Crippen molar-refractivity contribution in [3.63, 3.8) is 0 Å². The van der Waals surface area contributed by atoms with Gasteiger partial charge >= 0.3 is 0 Å². The molecule has 0 unspecified atom stereocenters. The van der Waals surface area contributed by atoms with E-state index in [4.69, 9.17) is 4.74 Å². The van der Waals surface area contributed by atoms with Crippen molar-refractivity contribution in [2.24, 2.45) is 35.5 Å². The number of ether oxygens (including phenoxy) is 1. The molecule has 0 aliphatic carbocycles. The molecule has 0 spiro atoms. The van der Waals surface area contributed by atoms with Gasteiger partial charge in [0.15, 0.2) is 5.78 Å². The predicted octanol–water partition coefficient (Wildman–Crippen LogP) is 3.95. The zero-order valence-corrected chi connectivity index (χ0v) is 63.2. The Bertz CT molecular complexity index is 2560. The molecule has 1 saturated heterocycles. The Balaban J connectivity index is 4.50. The molecule has 25 nitrogen and oxygen atoms in total. The van der Waals surface area contributed by atoms with Crippen LogP contribution in [0.15, 0.2) is 12.2 Å². The van der Waals surface area contributed by atoms with Crippen LogP contribution in [0.5, 0.6) is 0 Å². The van der Waals surface area contributed by atoms with E-state index in [0.717, 1.165) is 17.7 Å². The quantitative estimate of drug-likeness (QED) is 0.0660. The molecule has 13 atom stereocenters. The fraction of sp³-hybridized carbons (Fsp3) is 0.812. The van der Waals surface area contributed by atoms with Crippen LogP contribution in [0.2, 0.25) is 0 Å². The van der Waals surface area contributed by atoms with Crippen LogP contribution in [-0.2, 0) is 57.5 Å². The second kappa shape index (κ2) is 40.9. The van der Waals surface area contributed by atoms with Gasteiger partial charge in [-0.15, -0.1) is 0 Å². The van der Waals surface area contributed by atoms with Gasteiger partial charge < -0.3 is 65.6 Å². The minimum Gasteiger partial charge on any atom is -0.390 e. The van der Waals surface area contributed by atoms with Crippen molar-refractivity contribution in [2.75, 3.05) is 81.1 Å². The maximum Gasteiger partial charge on any atom is 0.246 e. The number of carbonyl (C=O) groups is 11. The molecule has 0 radical (unpaired) electrons. The number of aliphatic hydroxyl groups excluding tert-OH is 1. The highest BCUT2D eigenvalue weighted by Gasteiger charge is 2.46. The standard InChI is InChI=1S/C69H125N11O14S/c1-26-28-31-45(13)58(82)57-62(86)72-48(27-2)64(88)78(22)53(39-95-33-30-29-32-94-25)54(81)38-74(18)52(37-69(16,17)93)61(85)73-55(43(9)10)67(91)75(19)49(34-40(3)4)60(84)70-46(14)59(83)71-47(15)63(87)76(20)50(35-41(5)6)65(89)77(21)51(36-42(7)8)66(90)79(23)56(44(11)12)68(92)80(57)24/h26,28,40-53,55-58,82,93H,27,29-39H2,1-25H3,(H,70,84)(H,71,83)(H,72,86)(H,73,85)/b28-26+/t45-,46+,47-,48+,49+,50+,51+,52+,53-,55+,56+,57+,58-/m1/s1. The lowest BCUT2D eigenvalue weighted by molar-refractivity contribution is -0.157. The molecule has 1 heterocycles. The molecule has 1 aliphatic rings. The van der Waals surface area contributed by atoms with E-state index in [1.54, 1.807) is 61.7 Å². The molecule has 0 saturated carbocycles. The normalized spacial score (nSPS) is 26.6. The molecule has 26 heteroatoms. The number of allylic oxidation sites excluding steroid dienone is 2. The van der Waals surface area contributed by atoms with Crippen molar-refractivity contribution >= 4 is 76.6 Å². The molecule has 1 aliphatic heterocycles. The Kier molecular flexibility index (Phi) is 37.6. The Morgan fingerprint density at radius 2 is 1.03 bits per heavy atom. The summed E-state index contributed by atoms with van der Waals surface area (Å²) >= 11 is 1.42. The van der Waals surface area contributed by atoms with Gasteiger partial charge in [0.25, 0.3) is 0 Å². The summed E-state index contributed by atoms with van der Waals surface area (Å²) in [5, 5.41) is 34.7. The molecule has 95 heavy (non-hydrogen) atoms. The van der Waals surface area contributed by atoms with Gasteiger partial charge in [0, 0.05) is 68.2 Å². The number of likely N-dealkylation sites (N-methyl/N-ethyl adjacent to an activating group) is 7. The van der Waals surface area contributed by atoms with Crippen LogP contribution >= 0.6 is 11.8 Å². The largest absolute Gasteiger partial charge is 0.390 e. The average Bonchev–Trinajstić information content (AvgIpc) is 0.814. The monoisotopic (exact) mass is 1360 g/mol. The lowest BCUT2D eigenvalue weighted by atomic mass is 9.91. The van der Waals surface area contributed by atoms with Gasteiger partial charge in [-0.25, -0.2) is 0 Å². The highest BCUT2D eigenvalue weighted by molar-refractivity contribution is 7.99. The SMILES string of the molecule is C/C=C/C[C@@H](C)[C@@H](O)[C@H]1C(=O)N[C@@H](CC)C(=O)N(C)[C@H](CSCCCCOC)C(=O)CN(C)[C@@H](CC(C)(C)O)C(=O)N[C@@H](C(C)C)C(=O)N(C)[C@@H](CC(C)C)C(=O)N[C@@H](C)C(=O)N[C@H](C)C(=O)N(C)[C@@H](CC(C)C)C(=O)N(C)[C@@H](CC(C)C)C(=O)N(C)[C@@H](C(C)C)C(=O)N1C. The van der Waals surface area contributed by atoms with Crippen LogP contribution in [0.4, 0.5) is 0 Å². The first kappa shape index (κ1) is 87.3. The van der Waals surface area contributed by atoms with Gasteiger partial charge in [-0.1, -0.05) is 95.2 Å². The van der Waals surface area contributed by atoms with E-state index in [9.17, 15) is 34.2 Å². The average molecular weight is 1360 g/mol. The highest BCUT2D eigenvalue weighted by Crippen LogP contribution is 2.27. The van der Waals surface area contributed by atoms with E-state index in [1.807, 2.05) is 47.6 Å². The first-order valence-corrected chi connectivity index (χ1v) is 35.2. The summed E-state index contributed by atoms with van der Waals surface area (Å²) in [6.07, 6.45) is 4.01. The third-order valence-corrected chi connectivity index (χ3v) is 18.9. The minimum atomic E-state index is -1.64. The third kappa shape index (κ3) is 26.6. The number of thioether (sulfide) groups is 1. The van der Waals surface area contributed by atoms with Crippen LogP contribution in [0, 0.1) is 35.5 Å². The summed E-state index contributed by atoms with van der Waals surface area (Å²) in [6.45, 7) is 29.2. The molecule has 546 valence electrons. The summed E-state index contributed by atoms with van der Waals surface area (Å²) in [5.41, 5.74) is -1.50. The molecular formula is C69H125N11O14S. The van der Waals surface area contributed by atoms with Crippen molar-refractivity contribution in [3.8, 4) is 0 Å². The van der Waals surface area contributed by atoms with Gasteiger partial charge in [0.2, 0.25) is 59.1 Å². The molecule has 1 rings (SSSR count). The Labute approximate surface area is 573 Å².